The second kappa shape index (κ2) is 11.9. The van der Waals surface area contributed by atoms with Crippen LogP contribution in [0.25, 0.3) is 4.85 Å². The zero-order valence-electron chi connectivity index (χ0n) is 29.6. The molecule has 2 unspecified atom stereocenters. The minimum absolute atomic E-state index is 0.0461. The Labute approximate surface area is 282 Å². The van der Waals surface area contributed by atoms with Crippen LogP contribution in [0.15, 0.2) is 41.0 Å². The van der Waals surface area contributed by atoms with E-state index in [9.17, 15) is 5.11 Å². The molecule has 1 aromatic rings. The Balaban J connectivity index is 1.48. The van der Waals surface area contributed by atoms with E-state index in [2.05, 4.69) is 70.0 Å². The van der Waals surface area contributed by atoms with Crippen LogP contribution in [0.4, 0.5) is 14.5 Å². The Kier molecular flexibility index (Phi) is 8.78. The monoisotopic (exact) mass is 661 g/mol. The molecule has 1 aromatic carbocycles. The maximum atomic E-state index is 16.9. The van der Waals surface area contributed by atoms with Crippen LogP contribution in [0.5, 0.6) is 0 Å². The molecule has 0 amide bonds. The quantitative estimate of drug-likeness (QED) is 0.194. The predicted molar refractivity (Wildman–Crippen MR) is 186 cm³/mol. The molecular formula is C40H53F2NO3Si. The van der Waals surface area contributed by atoms with Gasteiger partial charge >= 0.3 is 5.92 Å². The van der Waals surface area contributed by atoms with Gasteiger partial charge in [-0.05, 0) is 108 Å². The minimum atomic E-state index is -3.54. The van der Waals surface area contributed by atoms with E-state index in [0.29, 0.717) is 31.7 Å². The highest BCUT2D eigenvalue weighted by Crippen LogP contribution is 2.69. The van der Waals surface area contributed by atoms with E-state index in [-0.39, 0.29) is 40.8 Å². The van der Waals surface area contributed by atoms with Gasteiger partial charge in [0, 0.05) is 17.8 Å². The highest BCUT2D eigenvalue weighted by molar-refractivity contribution is 6.90. The summed E-state index contributed by atoms with van der Waals surface area (Å²) in [6.07, 6.45) is 6.51. The number of hydrogen-bond donors (Lipinski definition) is 1. The molecule has 1 N–H and O–H groups in total. The number of aliphatic hydroxyl groups is 1. The number of benzene rings is 1. The van der Waals surface area contributed by atoms with Crippen LogP contribution in [-0.4, -0.2) is 43.7 Å². The number of hydrogen-bond acceptors (Lipinski definition) is 3. The average Bonchev–Trinajstić information content (AvgIpc) is 3.57. The van der Waals surface area contributed by atoms with E-state index in [4.69, 9.17) is 16.0 Å². The fourth-order valence-electron chi connectivity index (χ4n) is 11.0. The lowest BCUT2D eigenvalue weighted by Gasteiger charge is -2.55. The third-order valence-electron chi connectivity index (χ3n) is 13.4. The number of aryl methyl sites for hydroxylation is 1. The van der Waals surface area contributed by atoms with Crippen molar-refractivity contribution >= 4 is 13.8 Å². The molecule has 4 aliphatic carbocycles. The molecule has 5 aliphatic rings. The fourth-order valence-corrected chi connectivity index (χ4v) is 16.3. The van der Waals surface area contributed by atoms with Crippen LogP contribution in [0.3, 0.4) is 0 Å². The summed E-state index contributed by atoms with van der Waals surface area (Å²) in [6, 6.07) is 5.97. The van der Waals surface area contributed by atoms with Gasteiger partial charge in [0.1, 0.15) is 13.7 Å². The summed E-state index contributed by atoms with van der Waals surface area (Å²) in [4.78, 5) is 3.69. The molecule has 3 fully saturated rings. The molecule has 5 atom stereocenters. The summed E-state index contributed by atoms with van der Waals surface area (Å²) in [6.45, 7) is 25.5. The van der Waals surface area contributed by atoms with Gasteiger partial charge in [0.2, 0.25) is 0 Å². The largest absolute Gasteiger partial charge is 0.382 e. The molecule has 0 bridgehead atoms. The summed E-state index contributed by atoms with van der Waals surface area (Å²) in [5.41, 5.74) is 7.19. The number of halogens is 2. The maximum absolute atomic E-state index is 16.9. The van der Waals surface area contributed by atoms with Gasteiger partial charge in [-0.15, -0.1) is 5.54 Å². The first-order chi connectivity index (χ1) is 22.1. The molecule has 1 heterocycles. The van der Waals surface area contributed by atoms with Crippen molar-refractivity contribution in [3.63, 3.8) is 0 Å². The second-order valence-electron chi connectivity index (χ2n) is 16.3. The van der Waals surface area contributed by atoms with Gasteiger partial charge in [-0.25, -0.2) is 4.85 Å². The lowest BCUT2D eigenvalue weighted by atomic mass is 9.50. The first-order valence-electron chi connectivity index (χ1n) is 17.9. The normalized spacial score (nSPS) is 31.8. The molecule has 0 radical (unpaired) electrons. The lowest BCUT2D eigenvalue weighted by Crippen LogP contribution is -2.60. The van der Waals surface area contributed by atoms with Crippen LogP contribution in [0, 0.1) is 42.2 Å². The van der Waals surface area contributed by atoms with Gasteiger partial charge in [-0.3, -0.25) is 0 Å². The van der Waals surface area contributed by atoms with Crippen molar-refractivity contribution in [3.8, 4) is 11.5 Å². The number of allylic oxidation sites excluding steroid dienone is 3. The molecule has 1 saturated heterocycles. The number of fused-ring (bicyclic) bond motifs is 4. The van der Waals surface area contributed by atoms with Crippen molar-refractivity contribution < 1.29 is 23.4 Å². The topological polar surface area (TPSA) is 43.0 Å². The Morgan fingerprint density at radius 1 is 1.02 bits per heavy atom. The van der Waals surface area contributed by atoms with Gasteiger partial charge in [0.15, 0.2) is 11.5 Å². The highest BCUT2D eigenvalue weighted by atomic mass is 28.3. The molecule has 0 aromatic heterocycles. The third-order valence-corrected chi connectivity index (χ3v) is 19.7. The van der Waals surface area contributed by atoms with Crippen molar-refractivity contribution in [2.75, 3.05) is 13.2 Å². The summed E-state index contributed by atoms with van der Waals surface area (Å²) < 4.78 is 46.0. The van der Waals surface area contributed by atoms with Crippen LogP contribution >= 0.6 is 0 Å². The van der Waals surface area contributed by atoms with Crippen molar-refractivity contribution in [2.45, 2.75) is 140 Å². The molecule has 7 heteroatoms. The lowest BCUT2D eigenvalue weighted by molar-refractivity contribution is -0.209. The standard InChI is InChI=1S/C40H53F2NO3Si/c1-25(2)47(26(3)4,27(5)6)21-18-40(41,42)39(44)17-15-34-32-12-10-30-23-38(45-19-20-46-38)16-14-31(30)36(32)33(24-37(34,39)8)29-11-13-35(43-9)28(7)22-29/h11,13,22-23,25-27,32-34,44H,10,12,14-17,19-20,24H2,1-8H3/t32?,33-,34?,37+,39+/m1/s1. The minimum Gasteiger partial charge on any atom is -0.382 e. The molecule has 254 valence electrons. The van der Waals surface area contributed by atoms with Crippen LogP contribution < -0.4 is 0 Å². The predicted octanol–water partition coefficient (Wildman–Crippen LogP) is 10.2. The molecular weight excluding hydrogens is 609 g/mol. The van der Waals surface area contributed by atoms with E-state index in [1.165, 1.54) is 16.7 Å². The van der Waals surface area contributed by atoms with E-state index < -0.39 is 30.8 Å². The number of rotatable bonds is 5. The summed E-state index contributed by atoms with van der Waals surface area (Å²) in [5, 5.41) is 12.5. The fraction of sp³-hybridized carbons (Fsp3) is 0.675. The zero-order valence-corrected chi connectivity index (χ0v) is 30.6. The van der Waals surface area contributed by atoms with Gasteiger partial charge in [-0.2, -0.15) is 8.78 Å². The SMILES string of the molecule is [C-]#[N+]c1ccc([C@H]2C[C@@]3(C)C(CC[C@@]3(O)C(F)(F)C#C[Si](C(C)C)(C(C)C)C(C)C)C3CCC4=CC5(CCC4=C32)OCCO5)cc1C. The zero-order chi connectivity index (χ0) is 34.2. The molecule has 1 aliphatic heterocycles. The number of alkyl halides is 2. The van der Waals surface area contributed by atoms with Gasteiger partial charge in [0.25, 0.3) is 0 Å². The molecule has 47 heavy (non-hydrogen) atoms. The molecule has 2 saturated carbocycles. The van der Waals surface area contributed by atoms with Gasteiger partial charge < -0.3 is 14.6 Å². The first kappa shape index (κ1) is 34.6. The van der Waals surface area contributed by atoms with Crippen LogP contribution in [0.2, 0.25) is 16.6 Å². The first-order valence-corrected chi connectivity index (χ1v) is 20.1. The van der Waals surface area contributed by atoms with Crippen molar-refractivity contribution in [2.24, 2.45) is 17.3 Å². The Bertz CT molecular complexity index is 1560. The smallest absolute Gasteiger partial charge is 0.336 e. The Morgan fingerprint density at radius 2 is 1.68 bits per heavy atom. The highest BCUT2D eigenvalue weighted by Gasteiger charge is 2.71. The number of nitrogens with zero attached hydrogens (tertiary/aromatic N) is 1. The molecule has 6 rings (SSSR count). The maximum Gasteiger partial charge on any atom is 0.336 e. The van der Waals surface area contributed by atoms with E-state index >= 15 is 8.78 Å². The van der Waals surface area contributed by atoms with Crippen molar-refractivity contribution in [1.82, 2.24) is 0 Å². The van der Waals surface area contributed by atoms with Gasteiger partial charge in [-0.1, -0.05) is 72.2 Å². The van der Waals surface area contributed by atoms with E-state index in [1.54, 1.807) is 0 Å². The van der Waals surface area contributed by atoms with Crippen LogP contribution in [-0.2, 0) is 9.47 Å². The molecule has 4 nitrogen and oxygen atoms in total. The third kappa shape index (κ3) is 5.13. The Morgan fingerprint density at radius 3 is 2.28 bits per heavy atom. The van der Waals surface area contributed by atoms with Crippen molar-refractivity contribution in [3.05, 3.63) is 63.5 Å². The summed E-state index contributed by atoms with van der Waals surface area (Å²) in [5.74, 6) is -1.74. The second-order valence-corrected chi connectivity index (χ2v) is 21.9. The van der Waals surface area contributed by atoms with Gasteiger partial charge in [0.05, 0.1) is 19.8 Å². The number of ether oxygens (including phenoxy) is 2. The summed E-state index contributed by atoms with van der Waals surface area (Å²) >= 11 is 0. The van der Waals surface area contributed by atoms with Crippen LogP contribution in [0.1, 0.15) is 110 Å². The Hall–Kier alpha value is -2.29. The summed E-state index contributed by atoms with van der Waals surface area (Å²) in [7, 11) is -2.44. The average molecular weight is 662 g/mol. The van der Waals surface area contributed by atoms with E-state index in [0.717, 1.165) is 36.8 Å². The van der Waals surface area contributed by atoms with E-state index in [1.807, 2.05) is 26.0 Å². The molecule has 1 spiro atoms. The van der Waals surface area contributed by atoms with Crippen molar-refractivity contribution in [1.29, 1.82) is 0 Å².